The van der Waals surface area contributed by atoms with Crippen molar-refractivity contribution in [3.8, 4) is 0 Å². The largest absolute Gasteiger partial charge is 0.433 e. The standard InChI is InChI=1S/C27H32F4N4O3S/c1-16(2)22(15-32-20-10-11-21(28)23(13-20)39(5,37)38)34-25-33-14-18(24(35-25)27(29,30)31)12-17-6-8-19(9-7-17)26(3,4)36/h6-11,13-14,16,22,32,36H,12,15H2,1-5H3,(H,33,34,35)/t22-/m0/s1. The van der Waals surface area contributed by atoms with Crippen molar-refractivity contribution in [2.45, 2.75) is 56.8 Å². The van der Waals surface area contributed by atoms with Gasteiger partial charge in [-0.05, 0) is 49.1 Å². The van der Waals surface area contributed by atoms with Gasteiger partial charge in [-0.15, -0.1) is 0 Å². The number of sulfone groups is 1. The van der Waals surface area contributed by atoms with Gasteiger partial charge in [0, 0.05) is 42.7 Å². The van der Waals surface area contributed by atoms with Gasteiger partial charge in [0.25, 0.3) is 0 Å². The Morgan fingerprint density at radius 2 is 1.69 bits per heavy atom. The monoisotopic (exact) mass is 568 g/mol. The zero-order chi connectivity index (χ0) is 29.2. The lowest BCUT2D eigenvalue weighted by atomic mass is 9.95. The molecule has 1 heterocycles. The third-order valence-electron chi connectivity index (χ3n) is 6.16. The molecule has 3 rings (SSSR count). The molecule has 1 atom stereocenters. The molecule has 0 unspecified atom stereocenters. The predicted octanol–water partition coefficient (Wildman–Crippen LogP) is 5.40. The molecule has 3 N–H and O–H groups in total. The third-order valence-corrected chi connectivity index (χ3v) is 7.28. The molecule has 3 aromatic rings. The zero-order valence-corrected chi connectivity index (χ0v) is 23.1. The molecule has 7 nitrogen and oxygen atoms in total. The highest BCUT2D eigenvalue weighted by atomic mass is 32.2. The van der Waals surface area contributed by atoms with Crippen molar-refractivity contribution in [1.82, 2.24) is 9.97 Å². The van der Waals surface area contributed by atoms with Crippen LogP contribution in [0.25, 0.3) is 0 Å². The third kappa shape index (κ3) is 8.12. The molecule has 0 spiro atoms. The van der Waals surface area contributed by atoms with Crippen LogP contribution in [0, 0.1) is 11.7 Å². The second kappa shape index (κ2) is 11.5. The smallest absolute Gasteiger partial charge is 0.386 e. The molecule has 0 radical (unpaired) electrons. The van der Waals surface area contributed by atoms with Crippen molar-refractivity contribution in [3.05, 3.63) is 76.9 Å². The van der Waals surface area contributed by atoms with Gasteiger partial charge in [-0.1, -0.05) is 38.1 Å². The molecule has 2 aromatic carbocycles. The fraction of sp³-hybridized carbons (Fsp3) is 0.407. The fourth-order valence-electron chi connectivity index (χ4n) is 3.85. The summed E-state index contributed by atoms with van der Waals surface area (Å²) < 4.78 is 79.3. The van der Waals surface area contributed by atoms with Crippen LogP contribution in [0.1, 0.15) is 50.1 Å². The highest BCUT2D eigenvalue weighted by molar-refractivity contribution is 7.90. The molecule has 212 valence electrons. The first-order valence-electron chi connectivity index (χ1n) is 12.2. The topological polar surface area (TPSA) is 104 Å². The minimum absolute atomic E-state index is 0.0519. The van der Waals surface area contributed by atoms with Crippen LogP contribution in [0.4, 0.5) is 29.2 Å². The number of nitrogens with zero attached hydrogens (tertiary/aromatic N) is 2. The Morgan fingerprint density at radius 1 is 1.05 bits per heavy atom. The summed E-state index contributed by atoms with van der Waals surface area (Å²) in [7, 11) is -3.78. The first kappa shape index (κ1) is 30.3. The normalized spacial score (nSPS) is 13.4. The Labute approximate surface area is 225 Å². The highest BCUT2D eigenvalue weighted by Gasteiger charge is 2.36. The molecule has 0 aliphatic heterocycles. The van der Waals surface area contributed by atoms with E-state index in [2.05, 4.69) is 20.6 Å². The molecular formula is C27H32F4N4O3S. The van der Waals surface area contributed by atoms with Gasteiger partial charge in [-0.3, -0.25) is 0 Å². The minimum atomic E-state index is -4.72. The molecule has 0 saturated carbocycles. The molecule has 0 bridgehead atoms. The summed E-state index contributed by atoms with van der Waals surface area (Å²) in [6.07, 6.45) is -2.73. The molecule has 0 aliphatic carbocycles. The van der Waals surface area contributed by atoms with Gasteiger partial charge in [-0.2, -0.15) is 13.2 Å². The van der Waals surface area contributed by atoms with Crippen molar-refractivity contribution < 1.29 is 31.1 Å². The van der Waals surface area contributed by atoms with E-state index in [9.17, 15) is 31.1 Å². The van der Waals surface area contributed by atoms with Crippen LogP contribution < -0.4 is 10.6 Å². The van der Waals surface area contributed by atoms with Crippen molar-refractivity contribution >= 4 is 21.5 Å². The number of alkyl halides is 3. The Hall–Kier alpha value is -3.25. The summed E-state index contributed by atoms with van der Waals surface area (Å²) in [5, 5.41) is 16.0. The Kier molecular flexibility index (Phi) is 8.91. The second-order valence-corrected chi connectivity index (χ2v) is 12.3. The predicted molar refractivity (Wildman–Crippen MR) is 142 cm³/mol. The summed E-state index contributed by atoms with van der Waals surface area (Å²) in [5.41, 5.74) is -0.636. The lowest BCUT2D eigenvalue weighted by Gasteiger charge is -2.24. The van der Waals surface area contributed by atoms with Crippen LogP contribution in [-0.2, 0) is 28.0 Å². The van der Waals surface area contributed by atoms with E-state index in [4.69, 9.17) is 0 Å². The SMILES string of the molecule is CC(C)[C@H](CNc1ccc(F)c(S(C)(=O)=O)c1)Nc1ncc(Cc2ccc(C(C)(C)O)cc2)c(C(F)(F)F)n1. The quantitative estimate of drug-likeness (QED) is 0.281. The fourth-order valence-corrected chi connectivity index (χ4v) is 4.61. The Balaban J connectivity index is 1.80. The summed E-state index contributed by atoms with van der Waals surface area (Å²) in [6.45, 7) is 7.11. The molecule has 12 heteroatoms. The van der Waals surface area contributed by atoms with Crippen molar-refractivity contribution in [2.75, 3.05) is 23.4 Å². The summed E-state index contributed by atoms with van der Waals surface area (Å²) >= 11 is 0. The van der Waals surface area contributed by atoms with Crippen molar-refractivity contribution in [2.24, 2.45) is 5.92 Å². The first-order valence-corrected chi connectivity index (χ1v) is 14.1. The van der Waals surface area contributed by atoms with E-state index in [1.807, 2.05) is 13.8 Å². The van der Waals surface area contributed by atoms with E-state index in [0.29, 0.717) is 16.8 Å². The van der Waals surface area contributed by atoms with E-state index in [1.54, 1.807) is 38.1 Å². The van der Waals surface area contributed by atoms with Crippen LogP contribution in [0.5, 0.6) is 0 Å². The van der Waals surface area contributed by atoms with Gasteiger partial charge in [0.2, 0.25) is 5.95 Å². The number of hydrogen-bond acceptors (Lipinski definition) is 7. The maximum atomic E-state index is 13.9. The summed E-state index contributed by atoms with van der Waals surface area (Å²) in [6, 6.07) is 9.78. The number of anilines is 2. The van der Waals surface area contributed by atoms with E-state index in [1.165, 1.54) is 12.1 Å². The lowest BCUT2D eigenvalue weighted by molar-refractivity contribution is -0.141. The molecular weight excluding hydrogens is 536 g/mol. The van der Waals surface area contributed by atoms with Gasteiger partial charge in [0.05, 0.1) is 5.60 Å². The summed E-state index contributed by atoms with van der Waals surface area (Å²) in [5.74, 6) is -1.16. The van der Waals surface area contributed by atoms with Crippen LogP contribution in [0.3, 0.4) is 0 Å². The molecule has 39 heavy (non-hydrogen) atoms. The van der Waals surface area contributed by atoms with Gasteiger partial charge in [-0.25, -0.2) is 22.8 Å². The number of halogens is 4. The number of benzene rings is 2. The summed E-state index contributed by atoms with van der Waals surface area (Å²) in [4.78, 5) is 7.46. The number of nitrogens with one attached hydrogen (secondary N) is 2. The minimum Gasteiger partial charge on any atom is -0.386 e. The molecule has 0 saturated heterocycles. The average Bonchev–Trinajstić information content (AvgIpc) is 2.81. The van der Waals surface area contributed by atoms with Gasteiger partial charge < -0.3 is 15.7 Å². The lowest BCUT2D eigenvalue weighted by Crippen LogP contribution is -2.34. The van der Waals surface area contributed by atoms with Gasteiger partial charge in [0.1, 0.15) is 10.7 Å². The molecule has 0 amide bonds. The Morgan fingerprint density at radius 3 is 2.23 bits per heavy atom. The van der Waals surface area contributed by atoms with Gasteiger partial charge in [0.15, 0.2) is 15.5 Å². The van der Waals surface area contributed by atoms with Crippen LogP contribution >= 0.6 is 0 Å². The zero-order valence-electron chi connectivity index (χ0n) is 22.3. The van der Waals surface area contributed by atoms with Crippen LogP contribution in [-0.4, -0.2) is 42.3 Å². The number of hydrogen-bond donors (Lipinski definition) is 3. The van der Waals surface area contributed by atoms with Crippen molar-refractivity contribution in [1.29, 1.82) is 0 Å². The van der Waals surface area contributed by atoms with Crippen LogP contribution in [0.15, 0.2) is 53.6 Å². The number of rotatable bonds is 10. The van der Waals surface area contributed by atoms with Crippen molar-refractivity contribution in [3.63, 3.8) is 0 Å². The molecule has 0 aliphatic rings. The Bertz CT molecular complexity index is 1400. The van der Waals surface area contributed by atoms with E-state index < -0.39 is 44.1 Å². The van der Waals surface area contributed by atoms with Gasteiger partial charge >= 0.3 is 6.18 Å². The molecule has 0 fully saturated rings. The second-order valence-electron chi connectivity index (χ2n) is 10.3. The first-order chi connectivity index (χ1) is 17.9. The van der Waals surface area contributed by atoms with Crippen LogP contribution in [0.2, 0.25) is 0 Å². The van der Waals surface area contributed by atoms with E-state index >= 15 is 0 Å². The maximum Gasteiger partial charge on any atom is 0.433 e. The average molecular weight is 569 g/mol. The van der Waals surface area contributed by atoms with E-state index in [0.717, 1.165) is 18.5 Å². The maximum absolute atomic E-state index is 13.9. The van der Waals surface area contributed by atoms with E-state index in [-0.39, 0.29) is 30.4 Å². The molecule has 1 aromatic heterocycles. The highest BCUT2D eigenvalue weighted by Crippen LogP contribution is 2.32. The number of aliphatic hydroxyl groups is 1. The number of aromatic nitrogens is 2.